The first-order valence-corrected chi connectivity index (χ1v) is 22.1. The highest BCUT2D eigenvalue weighted by Gasteiger charge is 2.38. The molecule has 13 rings (SSSR count). The summed E-state index contributed by atoms with van der Waals surface area (Å²) in [7, 11) is 0. The predicted octanol–water partition coefficient (Wildman–Crippen LogP) is 15.8. The molecule has 4 heteroatoms. The second kappa shape index (κ2) is 13.9. The molecular formula is C60H42N4. The van der Waals surface area contributed by atoms with Gasteiger partial charge in [0, 0.05) is 44.1 Å². The standard InChI is InChI=1S/C60H42N4/c1-60(2)50-26-13-9-24-47(50)56-51(60)27-17-31-55(56)62(52-28-14-10-22-44(52)40-18-5-3-6-19-40)43-35-32-39(33-36-43)41-34-37-46-49(38-41)45-23-11-15-29-53(45)64-57-48-25-12-16-30-54(48)63(59(57)61-58(46)64)42-20-7-4-8-21-42/h3-38H,1-2H3. The second-order valence-corrected chi connectivity index (χ2v) is 17.5. The molecule has 0 saturated carbocycles. The molecule has 0 N–H and O–H groups in total. The molecule has 302 valence electrons. The lowest BCUT2D eigenvalue weighted by Crippen LogP contribution is -2.16. The minimum absolute atomic E-state index is 0.121. The van der Waals surface area contributed by atoms with Crippen LogP contribution in [0.25, 0.3) is 88.5 Å². The summed E-state index contributed by atoms with van der Waals surface area (Å²) in [6.45, 7) is 4.71. The minimum atomic E-state index is -0.121. The van der Waals surface area contributed by atoms with E-state index in [-0.39, 0.29) is 5.41 Å². The van der Waals surface area contributed by atoms with E-state index in [9.17, 15) is 0 Å². The van der Waals surface area contributed by atoms with Crippen LogP contribution in [-0.2, 0) is 5.41 Å². The van der Waals surface area contributed by atoms with Crippen LogP contribution >= 0.6 is 0 Å². The zero-order chi connectivity index (χ0) is 42.5. The van der Waals surface area contributed by atoms with Gasteiger partial charge in [0.15, 0.2) is 5.65 Å². The van der Waals surface area contributed by atoms with E-state index in [1.807, 2.05) is 0 Å². The first kappa shape index (κ1) is 36.4. The zero-order valence-electron chi connectivity index (χ0n) is 35.6. The number of para-hydroxylation sites is 4. The van der Waals surface area contributed by atoms with Crippen LogP contribution in [0.3, 0.4) is 0 Å². The fourth-order valence-corrected chi connectivity index (χ4v) is 10.7. The van der Waals surface area contributed by atoms with Gasteiger partial charge in [0.25, 0.3) is 0 Å². The van der Waals surface area contributed by atoms with E-state index in [4.69, 9.17) is 4.98 Å². The van der Waals surface area contributed by atoms with Gasteiger partial charge in [-0.05, 0) is 99.4 Å². The topological polar surface area (TPSA) is 25.5 Å². The Morgan fingerprint density at radius 2 is 1.05 bits per heavy atom. The molecule has 0 fully saturated rings. The summed E-state index contributed by atoms with van der Waals surface area (Å²) in [6.07, 6.45) is 0. The van der Waals surface area contributed by atoms with Crippen molar-refractivity contribution in [2.45, 2.75) is 19.3 Å². The van der Waals surface area contributed by atoms with Crippen LogP contribution in [0.1, 0.15) is 25.0 Å². The fourth-order valence-electron chi connectivity index (χ4n) is 10.7. The van der Waals surface area contributed by atoms with Crippen LogP contribution < -0.4 is 4.90 Å². The van der Waals surface area contributed by atoms with Crippen molar-refractivity contribution >= 4 is 66.5 Å². The number of benzene rings is 9. The Balaban J connectivity index is 0.990. The normalized spacial score (nSPS) is 13.0. The van der Waals surface area contributed by atoms with Crippen LogP contribution in [0.5, 0.6) is 0 Å². The summed E-state index contributed by atoms with van der Waals surface area (Å²) in [5.74, 6) is 0. The molecule has 9 aromatic carbocycles. The third-order valence-electron chi connectivity index (χ3n) is 13.7. The monoisotopic (exact) mass is 818 g/mol. The third kappa shape index (κ3) is 5.26. The Hall–Kier alpha value is -8.21. The highest BCUT2D eigenvalue weighted by Crippen LogP contribution is 2.55. The van der Waals surface area contributed by atoms with Gasteiger partial charge in [-0.2, -0.15) is 0 Å². The van der Waals surface area contributed by atoms with Crippen LogP contribution in [-0.4, -0.2) is 14.0 Å². The van der Waals surface area contributed by atoms with Gasteiger partial charge < -0.3 is 4.90 Å². The number of imidazole rings is 1. The highest BCUT2D eigenvalue weighted by molar-refractivity contribution is 6.18. The number of anilines is 3. The van der Waals surface area contributed by atoms with Gasteiger partial charge in [0.1, 0.15) is 11.2 Å². The molecule has 0 aliphatic heterocycles. The Morgan fingerprint density at radius 1 is 0.422 bits per heavy atom. The molecule has 4 nitrogen and oxygen atoms in total. The van der Waals surface area contributed by atoms with Crippen molar-refractivity contribution in [2.24, 2.45) is 0 Å². The number of fused-ring (bicyclic) bond motifs is 13. The lowest BCUT2D eigenvalue weighted by molar-refractivity contribution is 0.660. The number of hydrogen-bond acceptors (Lipinski definition) is 2. The molecule has 12 aromatic rings. The quantitative estimate of drug-likeness (QED) is 0.156. The molecule has 3 aromatic heterocycles. The van der Waals surface area contributed by atoms with Crippen molar-refractivity contribution in [3.05, 3.63) is 230 Å². The van der Waals surface area contributed by atoms with Crippen molar-refractivity contribution in [1.29, 1.82) is 0 Å². The minimum Gasteiger partial charge on any atom is -0.309 e. The molecule has 0 amide bonds. The van der Waals surface area contributed by atoms with Crippen molar-refractivity contribution < 1.29 is 0 Å². The van der Waals surface area contributed by atoms with Crippen LogP contribution in [0.2, 0.25) is 0 Å². The SMILES string of the molecule is CC1(C)c2ccccc2-c2c(N(c3ccc(-c4ccc5c(c4)c4ccccc4n4c5nc5c4c4ccccc4n5-c4ccccc4)cc3)c3ccccc3-c3ccccc3)cccc21. The smallest absolute Gasteiger partial charge is 0.165 e. The summed E-state index contributed by atoms with van der Waals surface area (Å²) >= 11 is 0. The lowest BCUT2D eigenvalue weighted by Gasteiger charge is -2.30. The molecule has 64 heavy (non-hydrogen) atoms. The summed E-state index contributed by atoms with van der Waals surface area (Å²) in [5.41, 5.74) is 19.7. The number of nitrogens with zero attached hydrogens (tertiary/aromatic N) is 4. The summed E-state index contributed by atoms with van der Waals surface area (Å²) < 4.78 is 4.68. The lowest BCUT2D eigenvalue weighted by atomic mass is 9.82. The molecule has 0 atom stereocenters. The molecule has 0 unspecified atom stereocenters. The average Bonchev–Trinajstić information content (AvgIpc) is 3.98. The maximum Gasteiger partial charge on any atom is 0.165 e. The number of pyridine rings is 1. The van der Waals surface area contributed by atoms with Crippen molar-refractivity contribution in [1.82, 2.24) is 14.0 Å². The van der Waals surface area contributed by atoms with Crippen molar-refractivity contribution in [3.63, 3.8) is 0 Å². The third-order valence-corrected chi connectivity index (χ3v) is 13.7. The fraction of sp³-hybridized carbons (Fsp3) is 0.0500. The van der Waals surface area contributed by atoms with E-state index in [1.54, 1.807) is 0 Å². The maximum absolute atomic E-state index is 5.50. The molecule has 0 saturated heterocycles. The van der Waals surface area contributed by atoms with Gasteiger partial charge in [-0.15, -0.1) is 0 Å². The van der Waals surface area contributed by atoms with Gasteiger partial charge in [-0.25, -0.2) is 4.98 Å². The van der Waals surface area contributed by atoms with Crippen molar-refractivity contribution in [2.75, 3.05) is 4.90 Å². The molecule has 1 aliphatic rings. The Labute approximate surface area is 371 Å². The Bertz CT molecular complexity index is 3800. The molecule has 3 heterocycles. The average molecular weight is 819 g/mol. The van der Waals surface area contributed by atoms with Gasteiger partial charge in [0.05, 0.1) is 22.4 Å². The van der Waals surface area contributed by atoms with Gasteiger partial charge in [-0.3, -0.25) is 8.97 Å². The summed E-state index contributed by atoms with van der Waals surface area (Å²) in [6, 6.07) is 79.5. The first-order chi connectivity index (χ1) is 31.5. The van der Waals surface area contributed by atoms with Crippen molar-refractivity contribution in [3.8, 4) is 39.1 Å². The molecule has 0 radical (unpaired) electrons. The zero-order valence-corrected chi connectivity index (χ0v) is 35.6. The number of hydrogen-bond donors (Lipinski definition) is 0. The van der Waals surface area contributed by atoms with Gasteiger partial charge in [-0.1, -0.05) is 172 Å². The van der Waals surface area contributed by atoms with E-state index in [0.717, 1.165) is 61.4 Å². The summed E-state index contributed by atoms with van der Waals surface area (Å²) in [4.78, 5) is 7.97. The maximum atomic E-state index is 5.50. The Kier molecular flexibility index (Phi) is 7.92. The number of aromatic nitrogens is 3. The molecule has 0 spiro atoms. The predicted molar refractivity (Wildman–Crippen MR) is 268 cm³/mol. The largest absolute Gasteiger partial charge is 0.309 e. The Morgan fingerprint density at radius 3 is 1.86 bits per heavy atom. The van der Waals surface area contributed by atoms with Gasteiger partial charge in [0.2, 0.25) is 0 Å². The van der Waals surface area contributed by atoms with E-state index in [0.29, 0.717) is 0 Å². The van der Waals surface area contributed by atoms with E-state index < -0.39 is 0 Å². The van der Waals surface area contributed by atoms with Crippen LogP contribution in [0.15, 0.2) is 218 Å². The summed E-state index contributed by atoms with van der Waals surface area (Å²) in [5, 5.41) is 4.70. The second-order valence-electron chi connectivity index (χ2n) is 17.5. The molecular weight excluding hydrogens is 777 g/mol. The molecule has 0 bridgehead atoms. The van der Waals surface area contributed by atoms with E-state index in [2.05, 4.69) is 246 Å². The van der Waals surface area contributed by atoms with Gasteiger partial charge >= 0.3 is 0 Å². The number of rotatable bonds is 6. The highest BCUT2D eigenvalue weighted by atomic mass is 15.2. The first-order valence-electron chi connectivity index (χ1n) is 22.1. The molecule has 1 aliphatic carbocycles. The van der Waals surface area contributed by atoms with Crippen LogP contribution in [0.4, 0.5) is 17.1 Å². The van der Waals surface area contributed by atoms with E-state index >= 15 is 0 Å². The van der Waals surface area contributed by atoms with Crippen LogP contribution in [0, 0.1) is 0 Å². The van der Waals surface area contributed by atoms with E-state index in [1.165, 1.54) is 55.2 Å².